The highest BCUT2D eigenvalue weighted by molar-refractivity contribution is 6.19. The number of amides is 1. The molecule has 1 saturated carbocycles. The number of alkyl halides is 1. The van der Waals surface area contributed by atoms with Crippen LogP contribution in [-0.2, 0) is 9.59 Å². The minimum Gasteiger partial charge on any atom is -0.338 e. The van der Waals surface area contributed by atoms with E-state index in [0.29, 0.717) is 31.8 Å². The first-order valence-electron chi connectivity index (χ1n) is 6.16. The highest BCUT2D eigenvalue weighted by atomic mass is 35.5. The Bertz CT molecular complexity index is 355. The van der Waals surface area contributed by atoms with Gasteiger partial charge in [-0.25, -0.2) is 0 Å². The lowest BCUT2D eigenvalue weighted by Crippen LogP contribution is -2.46. The number of carbonyl (C=O) groups is 2. The molecule has 0 radical (unpaired) electrons. The summed E-state index contributed by atoms with van der Waals surface area (Å²) in [5, 5.41) is 0. The van der Waals surface area contributed by atoms with E-state index < -0.39 is 5.41 Å². The fourth-order valence-electron chi connectivity index (χ4n) is 3.17. The van der Waals surface area contributed by atoms with Crippen LogP contribution in [0.2, 0.25) is 0 Å². The number of ketones is 1. The Hall–Kier alpha value is -0.830. The molecule has 1 amide bonds. The molecule has 2 aliphatic rings. The van der Waals surface area contributed by atoms with Crippen molar-refractivity contribution in [1.29, 1.82) is 0 Å². The van der Waals surface area contributed by atoms with Crippen LogP contribution in [0, 0.1) is 11.3 Å². The summed E-state index contributed by atoms with van der Waals surface area (Å²) in [4.78, 5) is 26.4. The second-order valence-corrected chi connectivity index (χ2v) is 5.26. The number of halogens is 1. The fraction of sp³-hybridized carbons (Fsp3) is 0.692. The van der Waals surface area contributed by atoms with Gasteiger partial charge in [0.1, 0.15) is 11.2 Å². The maximum Gasteiger partial charge on any atom is 0.236 e. The predicted molar refractivity (Wildman–Crippen MR) is 66.9 cm³/mol. The molecule has 0 bridgehead atoms. The number of rotatable bonds is 3. The average Bonchev–Trinajstić information content (AvgIpc) is 2.59. The molecule has 0 aromatic carbocycles. The largest absolute Gasteiger partial charge is 0.338 e. The SMILES string of the molecule is C=CCN1C[C@H](CCl)[C@]2(CCCCC2=O)C1=O. The smallest absolute Gasteiger partial charge is 0.236 e. The second kappa shape index (κ2) is 4.81. The lowest BCUT2D eigenvalue weighted by Gasteiger charge is -2.33. The number of hydrogen-bond donors (Lipinski definition) is 0. The molecule has 4 heteroatoms. The zero-order chi connectivity index (χ0) is 12.5. The summed E-state index contributed by atoms with van der Waals surface area (Å²) in [7, 11) is 0. The zero-order valence-corrected chi connectivity index (χ0v) is 10.7. The van der Waals surface area contributed by atoms with Gasteiger partial charge >= 0.3 is 0 Å². The van der Waals surface area contributed by atoms with Crippen molar-refractivity contribution in [2.45, 2.75) is 25.7 Å². The van der Waals surface area contributed by atoms with Gasteiger partial charge in [0, 0.05) is 31.3 Å². The van der Waals surface area contributed by atoms with E-state index in [4.69, 9.17) is 11.6 Å². The molecule has 0 N–H and O–H groups in total. The van der Waals surface area contributed by atoms with Crippen LogP contribution in [0.5, 0.6) is 0 Å². The third-order valence-corrected chi connectivity index (χ3v) is 4.44. The van der Waals surface area contributed by atoms with E-state index in [1.807, 2.05) is 0 Å². The van der Waals surface area contributed by atoms with Crippen LogP contribution in [0.25, 0.3) is 0 Å². The van der Waals surface area contributed by atoms with Gasteiger partial charge in [-0.15, -0.1) is 18.2 Å². The van der Waals surface area contributed by atoms with Gasteiger partial charge in [-0.05, 0) is 12.8 Å². The van der Waals surface area contributed by atoms with Gasteiger partial charge in [-0.3, -0.25) is 9.59 Å². The molecular formula is C13H18ClNO2. The van der Waals surface area contributed by atoms with Gasteiger partial charge in [0.25, 0.3) is 0 Å². The van der Waals surface area contributed by atoms with Crippen molar-refractivity contribution in [2.75, 3.05) is 19.0 Å². The van der Waals surface area contributed by atoms with Gasteiger partial charge in [-0.2, -0.15) is 0 Å². The summed E-state index contributed by atoms with van der Waals surface area (Å²) in [6.07, 6.45) is 4.77. The third-order valence-electron chi connectivity index (χ3n) is 4.06. The Labute approximate surface area is 107 Å². The van der Waals surface area contributed by atoms with E-state index in [1.54, 1.807) is 11.0 Å². The van der Waals surface area contributed by atoms with Gasteiger partial charge in [0.05, 0.1) is 0 Å². The highest BCUT2D eigenvalue weighted by Crippen LogP contribution is 2.46. The van der Waals surface area contributed by atoms with E-state index in [-0.39, 0.29) is 17.6 Å². The van der Waals surface area contributed by atoms with Crippen LogP contribution in [0.1, 0.15) is 25.7 Å². The summed E-state index contributed by atoms with van der Waals surface area (Å²) < 4.78 is 0. The molecule has 1 spiro atoms. The Morgan fingerprint density at radius 3 is 2.82 bits per heavy atom. The first kappa shape index (κ1) is 12.6. The fourth-order valence-corrected chi connectivity index (χ4v) is 3.53. The maximum atomic E-state index is 12.5. The number of carbonyl (C=O) groups excluding carboxylic acids is 2. The molecule has 1 aliphatic heterocycles. The van der Waals surface area contributed by atoms with E-state index in [0.717, 1.165) is 12.8 Å². The minimum atomic E-state index is -0.803. The molecule has 2 fully saturated rings. The van der Waals surface area contributed by atoms with Crippen LogP contribution < -0.4 is 0 Å². The lowest BCUT2D eigenvalue weighted by molar-refractivity contribution is -0.147. The average molecular weight is 256 g/mol. The molecular weight excluding hydrogens is 238 g/mol. The minimum absolute atomic E-state index is 0.0206. The van der Waals surface area contributed by atoms with Gasteiger partial charge in [0.2, 0.25) is 5.91 Å². The van der Waals surface area contributed by atoms with E-state index in [9.17, 15) is 9.59 Å². The summed E-state index contributed by atoms with van der Waals surface area (Å²) >= 11 is 5.97. The third kappa shape index (κ3) is 1.81. The molecule has 3 nitrogen and oxygen atoms in total. The summed E-state index contributed by atoms with van der Waals surface area (Å²) in [5.74, 6) is 0.439. The van der Waals surface area contributed by atoms with Gasteiger partial charge < -0.3 is 4.90 Å². The monoisotopic (exact) mass is 255 g/mol. The van der Waals surface area contributed by atoms with E-state index in [1.165, 1.54) is 0 Å². The van der Waals surface area contributed by atoms with Crippen LogP contribution in [0.15, 0.2) is 12.7 Å². The van der Waals surface area contributed by atoms with Crippen molar-refractivity contribution >= 4 is 23.3 Å². The molecule has 1 aliphatic carbocycles. The standard InChI is InChI=1S/C13H18ClNO2/c1-2-7-15-9-10(8-14)13(12(15)17)6-4-3-5-11(13)16/h2,10H,1,3-9H2/t10-,13-/m0/s1. The molecule has 0 unspecified atom stereocenters. The van der Waals surface area contributed by atoms with Crippen LogP contribution in [0.3, 0.4) is 0 Å². The summed E-state index contributed by atoms with van der Waals surface area (Å²) in [5.41, 5.74) is -0.803. The molecule has 2 rings (SSSR count). The molecule has 17 heavy (non-hydrogen) atoms. The summed E-state index contributed by atoms with van der Waals surface area (Å²) in [6, 6.07) is 0. The second-order valence-electron chi connectivity index (χ2n) is 4.95. The molecule has 94 valence electrons. The lowest BCUT2D eigenvalue weighted by atomic mass is 9.67. The first-order valence-corrected chi connectivity index (χ1v) is 6.69. The van der Waals surface area contributed by atoms with Crippen molar-refractivity contribution < 1.29 is 9.59 Å². The van der Waals surface area contributed by atoms with E-state index in [2.05, 4.69) is 6.58 Å². The normalized spacial score (nSPS) is 33.5. The van der Waals surface area contributed by atoms with Crippen LogP contribution in [-0.4, -0.2) is 35.6 Å². The van der Waals surface area contributed by atoms with Crippen LogP contribution >= 0.6 is 11.6 Å². The van der Waals surface area contributed by atoms with Crippen molar-refractivity contribution in [3.63, 3.8) is 0 Å². The Morgan fingerprint density at radius 2 is 2.24 bits per heavy atom. The quantitative estimate of drug-likeness (QED) is 0.439. The topological polar surface area (TPSA) is 37.4 Å². The number of Topliss-reactive ketones (excluding diaryl/α,β-unsaturated/α-hetero) is 1. The van der Waals surface area contributed by atoms with Crippen molar-refractivity contribution in [1.82, 2.24) is 4.90 Å². The van der Waals surface area contributed by atoms with Crippen molar-refractivity contribution in [3.8, 4) is 0 Å². The molecule has 2 atom stereocenters. The number of likely N-dealkylation sites (tertiary alicyclic amines) is 1. The molecule has 0 aromatic rings. The Morgan fingerprint density at radius 1 is 1.47 bits per heavy atom. The van der Waals surface area contributed by atoms with Crippen molar-refractivity contribution in [2.24, 2.45) is 11.3 Å². The summed E-state index contributed by atoms with van der Waals surface area (Å²) in [6.45, 7) is 4.76. The Kier molecular flexibility index (Phi) is 3.57. The first-order chi connectivity index (χ1) is 8.16. The zero-order valence-electron chi connectivity index (χ0n) is 9.95. The van der Waals surface area contributed by atoms with Crippen LogP contribution in [0.4, 0.5) is 0 Å². The number of nitrogens with zero attached hydrogens (tertiary/aromatic N) is 1. The molecule has 1 heterocycles. The number of hydrogen-bond acceptors (Lipinski definition) is 2. The Balaban J connectivity index is 2.32. The molecule has 1 saturated heterocycles. The maximum absolute atomic E-state index is 12.5. The molecule has 0 aromatic heterocycles. The van der Waals surface area contributed by atoms with Gasteiger partial charge in [-0.1, -0.05) is 12.5 Å². The van der Waals surface area contributed by atoms with Gasteiger partial charge in [0.15, 0.2) is 0 Å². The highest BCUT2D eigenvalue weighted by Gasteiger charge is 2.58. The van der Waals surface area contributed by atoms with Crippen molar-refractivity contribution in [3.05, 3.63) is 12.7 Å². The van der Waals surface area contributed by atoms with E-state index >= 15 is 0 Å². The predicted octanol–water partition coefficient (Wildman–Crippen LogP) is 2.00.